The van der Waals surface area contributed by atoms with Gasteiger partial charge < -0.3 is 20.1 Å². The van der Waals surface area contributed by atoms with E-state index in [1.165, 1.54) is 12.7 Å². The van der Waals surface area contributed by atoms with Gasteiger partial charge in [-0.05, 0) is 17.0 Å². The summed E-state index contributed by atoms with van der Waals surface area (Å²) in [6.07, 6.45) is 0. The fourth-order valence-corrected chi connectivity index (χ4v) is 2.64. The summed E-state index contributed by atoms with van der Waals surface area (Å²) >= 11 is 0. The molecule has 1 aliphatic rings. The van der Waals surface area contributed by atoms with Gasteiger partial charge in [-0.2, -0.15) is 0 Å². The van der Waals surface area contributed by atoms with Gasteiger partial charge in [-0.3, -0.25) is 4.79 Å². The SMILES string of the molecule is C=C1NC(=O)N[C@@H](c2ccc(C(C)C)cc2)[C@H]1C(=O)OCCOC. The fourth-order valence-electron chi connectivity index (χ4n) is 2.64. The molecule has 0 spiro atoms. The minimum Gasteiger partial charge on any atom is -0.463 e. The normalized spacial score (nSPS) is 20.5. The Morgan fingerprint density at radius 2 is 1.92 bits per heavy atom. The standard InChI is InChI=1S/C18H24N2O4/c1-11(2)13-5-7-14(8-6-13)16-15(12(3)19-18(22)20-16)17(21)24-10-9-23-4/h5-8,11,15-16H,3,9-10H2,1-2,4H3,(H2,19,20,22)/t15-,16-/m0/s1. The van der Waals surface area contributed by atoms with E-state index in [1.807, 2.05) is 24.3 Å². The zero-order valence-electron chi connectivity index (χ0n) is 14.3. The van der Waals surface area contributed by atoms with Gasteiger partial charge >= 0.3 is 12.0 Å². The summed E-state index contributed by atoms with van der Waals surface area (Å²) in [5, 5.41) is 5.34. The molecule has 130 valence electrons. The van der Waals surface area contributed by atoms with E-state index in [0.717, 1.165) is 5.56 Å². The zero-order chi connectivity index (χ0) is 17.7. The van der Waals surface area contributed by atoms with Crippen LogP contribution in [-0.4, -0.2) is 32.3 Å². The van der Waals surface area contributed by atoms with Crippen molar-refractivity contribution in [2.24, 2.45) is 5.92 Å². The maximum Gasteiger partial charge on any atom is 0.319 e. The third-order valence-corrected chi connectivity index (χ3v) is 4.02. The lowest BCUT2D eigenvalue weighted by Crippen LogP contribution is -2.51. The zero-order valence-corrected chi connectivity index (χ0v) is 14.3. The number of methoxy groups -OCH3 is 1. The van der Waals surface area contributed by atoms with Crippen molar-refractivity contribution in [3.63, 3.8) is 0 Å². The van der Waals surface area contributed by atoms with Crippen LogP contribution in [0, 0.1) is 5.92 Å². The van der Waals surface area contributed by atoms with Crippen molar-refractivity contribution in [1.82, 2.24) is 10.6 Å². The van der Waals surface area contributed by atoms with Crippen molar-refractivity contribution in [2.45, 2.75) is 25.8 Å². The van der Waals surface area contributed by atoms with Crippen molar-refractivity contribution in [3.8, 4) is 0 Å². The lowest BCUT2D eigenvalue weighted by atomic mass is 9.88. The number of benzene rings is 1. The average Bonchev–Trinajstić information content (AvgIpc) is 2.54. The van der Waals surface area contributed by atoms with E-state index in [-0.39, 0.29) is 12.6 Å². The van der Waals surface area contributed by atoms with Crippen molar-refractivity contribution in [1.29, 1.82) is 0 Å². The Balaban J connectivity index is 2.23. The predicted molar refractivity (Wildman–Crippen MR) is 90.4 cm³/mol. The summed E-state index contributed by atoms with van der Waals surface area (Å²) in [7, 11) is 1.54. The molecule has 2 rings (SSSR count). The molecule has 2 amide bonds. The third kappa shape index (κ3) is 4.14. The minimum atomic E-state index is -0.690. The Hall–Kier alpha value is -2.34. The van der Waals surface area contributed by atoms with Gasteiger partial charge in [0.15, 0.2) is 0 Å². The van der Waals surface area contributed by atoms with E-state index in [1.54, 1.807) is 0 Å². The highest BCUT2D eigenvalue weighted by Gasteiger charge is 2.38. The molecule has 1 aromatic rings. The molecule has 1 aliphatic heterocycles. The van der Waals surface area contributed by atoms with Crippen molar-refractivity contribution in [2.75, 3.05) is 20.3 Å². The highest BCUT2D eigenvalue weighted by molar-refractivity contribution is 5.85. The molecular weight excluding hydrogens is 308 g/mol. The van der Waals surface area contributed by atoms with E-state index < -0.39 is 17.9 Å². The Morgan fingerprint density at radius 3 is 2.50 bits per heavy atom. The van der Waals surface area contributed by atoms with E-state index in [4.69, 9.17) is 9.47 Å². The summed E-state index contributed by atoms with van der Waals surface area (Å²) in [5.41, 5.74) is 2.36. The molecule has 2 N–H and O–H groups in total. The quantitative estimate of drug-likeness (QED) is 0.620. The van der Waals surface area contributed by atoms with Crippen LogP contribution in [-0.2, 0) is 14.3 Å². The molecular formula is C18H24N2O4. The molecule has 1 aromatic carbocycles. The Morgan fingerprint density at radius 1 is 1.25 bits per heavy atom. The first-order valence-corrected chi connectivity index (χ1v) is 7.95. The first-order chi connectivity index (χ1) is 11.4. The maximum absolute atomic E-state index is 12.4. The van der Waals surface area contributed by atoms with E-state index in [9.17, 15) is 9.59 Å². The number of ether oxygens (including phenoxy) is 2. The summed E-state index contributed by atoms with van der Waals surface area (Å²) in [6, 6.07) is 6.97. The highest BCUT2D eigenvalue weighted by Crippen LogP contribution is 2.31. The molecule has 1 heterocycles. The lowest BCUT2D eigenvalue weighted by Gasteiger charge is -2.33. The third-order valence-electron chi connectivity index (χ3n) is 4.02. The van der Waals surface area contributed by atoms with Gasteiger partial charge in [-0.25, -0.2) is 4.79 Å². The number of amides is 2. The maximum atomic E-state index is 12.4. The summed E-state index contributed by atoms with van der Waals surface area (Å²) in [5.74, 6) is -0.724. The number of hydrogen-bond donors (Lipinski definition) is 2. The molecule has 0 bridgehead atoms. The number of esters is 1. The molecule has 0 radical (unpaired) electrons. The second kappa shape index (κ2) is 7.97. The van der Waals surface area contributed by atoms with Gasteiger partial charge in [0.05, 0.1) is 12.6 Å². The van der Waals surface area contributed by atoms with Crippen LogP contribution < -0.4 is 10.6 Å². The molecule has 0 aromatic heterocycles. The molecule has 24 heavy (non-hydrogen) atoms. The van der Waals surface area contributed by atoms with E-state index in [0.29, 0.717) is 18.2 Å². The van der Waals surface area contributed by atoms with Gasteiger partial charge in [0.2, 0.25) is 0 Å². The fraction of sp³-hybridized carbons (Fsp3) is 0.444. The smallest absolute Gasteiger partial charge is 0.319 e. The predicted octanol–water partition coefficient (Wildman–Crippen LogP) is 2.48. The van der Waals surface area contributed by atoms with E-state index in [2.05, 4.69) is 31.1 Å². The molecule has 0 aliphatic carbocycles. The van der Waals surface area contributed by atoms with Crippen LogP contribution >= 0.6 is 0 Å². The second-order valence-electron chi connectivity index (χ2n) is 6.06. The van der Waals surface area contributed by atoms with Crippen molar-refractivity contribution < 1.29 is 19.1 Å². The van der Waals surface area contributed by atoms with Crippen molar-refractivity contribution in [3.05, 3.63) is 47.7 Å². The second-order valence-corrected chi connectivity index (χ2v) is 6.06. The number of urea groups is 1. The number of nitrogens with one attached hydrogen (secondary N) is 2. The Kier molecular flexibility index (Phi) is 5.98. The van der Waals surface area contributed by atoms with Crippen LogP contribution in [0.25, 0.3) is 0 Å². The Labute approximate surface area is 142 Å². The largest absolute Gasteiger partial charge is 0.463 e. The summed E-state index contributed by atoms with van der Waals surface area (Å²) in [6.45, 7) is 8.51. The summed E-state index contributed by atoms with van der Waals surface area (Å²) in [4.78, 5) is 24.2. The van der Waals surface area contributed by atoms with Gasteiger partial charge in [0.25, 0.3) is 0 Å². The van der Waals surface area contributed by atoms with Crippen LogP contribution in [0.4, 0.5) is 4.79 Å². The van der Waals surface area contributed by atoms with Crippen LogP contribution in [0.5, 0.6) is 0 Å². The van der Waals surface area contributed by atoms with Crippen LogP contribution in [0.2, 0.25) is 0 Å². The molecule has 1 fully saturated rings. The molecule has 6 heteroatoms. The lowest BCUT2D eigenvalue weighted by molar-refractivity contribution is -0.149. The molecule has 6 nitrogen and oxygen atoms in total. The monoisotopic (exact) mass is 332 g/mol. The molecule has 2 atom stereocenters. The minimum absolute atomic E-state index is 0.159. The number of carbonyl (C=O) groups excluding carboxylic acids is 2. The average molecular weight is 332 g/mol. The number of hydrogen-bond acceptors (Lipinski definition) is 4. The Bertz CT molecular complexity index is 610. The summed E-state index contributed by atoms with van der Waals surface area (Å²) < 4.78 is 10.1. The molecule has 0 unspecified atom stereocenters. The highest BCUT2D eigenvalue weighted by atomic mass is 16.6. The first kappa shape index (κ1) is 18.0. The first-order valence-electron chi connectivity index (χ1n) is 7.95. The van der Waals surface area contributed by atoms with Gasteiger partial charge in [-0.1, -0.05) is 44.7 Å². The van der Waals surface area contributed by atoms with Crippen LogP contribution in [0.1, 0.15) is 36.9 Å². The molecule has 0 saturated carbocycles. The number of rotatable bonds is 6. The van der Waals surface area contributed by atoms with Gasteiger partial charge in [-0.15, -0.1) is 0 Å². The topological polar surface area (TPSA) is 76.7 Å². The van der Waals surface area contributed by atoms with Crippen molar-refractivity contribution >= 4 is 12.0 Å². The number of carbonyl (C=O) groups is 2. The van der Waals surface area contributed by atoms with Crippen LogP contribution in [0.15, 0.2) is 36.5 Å². The van der Waals surface area contributed by atoms with Crippen LogP contribution in [0.3, 0.4) is 0 Å². The van der Waals surface area contributed by atoms with Gasteiger partial charge in [0, 0.05) is 12.8 Å². The van der Waals surface area contributed by atoms with Gasteiger partial charge in [0.1, 0.15) is 12.5 Å². The molecule has 1 saturated heterocycles. The van der Waals surface area contributed by atoms with E-state index >= 15 is 0 Å².